The van der Waals surface area contributed by atoms with Gasteiger partial charge in [0, 0.05) is 30.4 Å². The number of fused-ring (bicyclic) bond motifs is 1. The molecule has 0 saturated heterocycles. The number of anilines is 1. The molecule has 0 aliphatic carbocycles. The van der Waals surface area contributed by atoms with Gasteiger partial charge in [-0.25, -0.2) is 9.37 Å². The van der Waals surface area contributed by atoms with Gasteiger partial charge >= 0.3 is 0 Å². The summed E-state index contributed by atoms with van der Waals surface area (Å²) in [6.45, 7) is 9.43. The van der Waals surface area contributed by atoms with Crippen molar-refractivity contribution in [2.75, 3.05) is 5.32 Å². The van der Waals surface area contributed by atoms with E-state index in [1.165, 1.54) is 28.8 Å². The molecule has 3 rings (SSSR count). The van der Waals surface area contributed by atoms with Crippen molar-refractivity contribution in [2.24, 2.45) is 0 Å². The van der Waals surface area contributed by atoms with Gasteiger partial charge in [-0.3, -0.25) is 0 Å². The molecular weight excluding hydrogens is 289 g/mol. The maximum Gasteiger partial charge on any atom is 0.150 e. The average molecular weight is 309 g/mol. The Hall–Kier alpha value is -2.62. The molecule has 1 aromatic carbocycles. The average Bonchev–Trinajstić information content (AvgIpc) is 2.80. The van der Waals surface area contributed by atoms with E-state index in [1.54, 1.807) is 12.1 Å². The predicted octanol–water partition coefficient (Wildman–Crippen LogP) is 4.59. The minimum atomic E-state index is -0.222. The predicted molar refractivity (Wildman–Crippen MR) is 93.1 cm³/mol. The van der Waals surface area contributed by atoms with E-state index in [1.807, 2.05) is 18.3 Å². The van der Waals surface area contributed by atoms with Crippen LogP contribution < -0.4 is 5.32 Å². The third-order valence-electron chi connectivity index (χ3n) is 4.23. The van der Waals surface area contributed by atoms with Gasteiger partial charge < -0.3 is 9.88 Å². The Kier molecular flexibility index (Phi) is 4.15. The smallest absolute Gasteiger partial charge is 0.150 e. The molecule has 23 heavy (non-hydrogen) atoms. The summed E-state index contributed by atoms with van der Waals surface area (Å²) < 4.78 is 15.2. The Morgan fingerprint density at radius 1 is 1.22 bits per heavy atom. The van der Waals surface area contributed by atoms with Crippen LogP contribution in [0.5, 0.6) is 0 Å². The molecule has 0 atom stereocenters. The first kappa shape index (κ1) is 15.3. The molecule has 0 spiro atoms. The third-order valence-corrected chi connectivity index (χ3v) is 4.23. The summed E-state index contributed by atoms with van der Waals surface area (Å²) in [7, 11) is 0. The Morgan fingerprint density at radius 3 is 2.65 bits per heavy atom. The van der Waals surface area contributed by atoms with E-state index in [2.05, 4.69) is 35.3 Å². The van der Waals surface area contributed by atoms with Gasteiger partial charge in [0.05, 0.1) is 5.52 Å². The number of nitrogens with zero attached hydrogens (tertiary/aromatic N) is 2. The first-order chi connectivity index (χ1) is 11.1. The van der Waals surface area contributed by atoms with Crippen molar-refractivity contribution >= 4 is 16.7 Å². The molecule has 0 fully saturated rings. The fourth-order valence-electron chi connectivity index (χ4n) is 2.87. The molecule has 0 aliphatic rings. The molecule has 4 heteroatoms. The summed E-state index contributed by atoms with van der Waals surface area (Å²) in [5, 5.41) is 4.57. The van der Waals surface area contributed by atoms with Gasteiger partial charge in [0.25, 0.3) is 0 Å². The van der Waals surface area contributed by atoms with Gasteiger partial charge in [-0.2, -0.15) is 0 Å². The molecule has 2 aromatic heterocycles. The molecule has 1 N–H and O–H groups in total. The van der Waals surface area contributed by atoms with Crippen molar-refractivity contribution in [3.8, 4) is 0 Å². The molecule has 0 unspecified atom stereocenters. The van der Waals surface area contributed by atoms with Crippen molar-refractivity contribution in [3.05, 3.63) is 71.8 Å². The minimum absolute atomic E-state index is 0.222. The molecule has 0 radical (unpaired) electrons. The Morgan fingerprint density at radius 2 is 1.96 bits per heavy atom. The maximum atomic E-state index is 13.0. The zero-order valence-corrected chi connectivity index (χ0v) is 13.4. The Labute approximate surface area is 135 Å². The zero-order chi connectivity index (χ0) is 16.4. The lowest BCUT2D eigenvalue weighted by Gasteiger charge is -2.11. The fraction of sp³-hybridized carbons (Fsp3) is 0.211. The SMILES string of the molecule is C=CCn1c(C)c(C)c2ccnc(NCc3ccc(F)cc3)c21. The lowest BCUT2D eigenvalue weighted by molar-refractivity contribution is 0.627. The number of benzene rings is 1. The largest absolute Gasteiger partial charge is 0.364 e. The standard InChI is InChI=1S/C19H20FN3/c1-4-11-23-14(3)13(2)17-9-10-21-19(18(17)23)22-12-15-5-7-16(20)8-6-15/h4-10H,1,11-12H2,2-3H3,(H,21,22). The highest BCUT2D eigenvalue weighted by atomic mass is 19.1. The van der Waals surface area contributed by atoms with E-state index in [0.29, 0.717) is 6.54 Å². The maximum absolute atomic E-state index is 13.0. The van der Waals surface area contributed by atoms with Crippen LogP contribution in [0.3, 0.4) is 0 Å². The van der Waals surface area contributed by atoms with Gasteiger partial charge in [0.2, 0.25) is 0 Å². The van der Waals surface area contributed by atoms with Crippen molar-refractivity contribution in [3.63, 3.8) is 0 Å². The van der Waals surface area contributed by atoms with Crippen LogP contribution in [0, 0.1) is 19.7 Å². The monoisotopic (exact) mass is 309 g/mol. The lowest BCUT2D eigenvalue weighted by atomic mass is 10.2. The van der Waals surface area contributed by atoms with Crippen LogP contribution in [-0.2, 0) is 13.1 Å². The summed E-state index contributed by atoms with van der Waals surface area (Å²) in [6, 6.07) is 8.54. The summed E-state index contributed by atoms with van der Waals surface area (Å²) in [5.41, 5.74) is 4.58. The second-order valence-electron chi connectivity index (χ2n) is 5.65. The molecule has 118 valence electrons. The number of rotatable bonds is 5. The van der Waals surface area contributed by atoms with E-state index in [4.69, 9.17) is 0 Å². The van der Waals surface area contributed by atoms with Crippen LogP contribution in [0.15, 0.2) is 49.2 Å². The summed E-state index contributed by atoms with van der Waals surface area (Å²) in [6.07, 6.45) is 3.71. The summed E-state index contributed by atoms with van der Waals surface area (Å²) in [5.74, 6) is 0.616. The molecule has 0 amide bonds. The van der Waals surface area contributed by atoms with Crippen molar-refractivity contribution in [1.82, 2.24) is 9.55 Å². The quantitative estimate of drug-likeness (QED) is 0.699. The van der Waals surface area contributed by atoms with E-state index in [0.717, 1.165) is 23.4 Å². The van der Waals surface area contributed by atoms with E-state index < -0.39 is 0 Å². The molecule has 2 heterocycles. The van der Waals surface area contributed by atoms with Crippen molar-refractivity contribution in [2.45, 2.75) is 26.9 Å². The van der Waals surface area contributed by atoms with Gasteiger partial charge in [-0.15, -0.1) is 6.58 Å². The van der Waals surface area contributed by atoms with Crippen LogP contribution in [0.1, 0.15) is 16.8 Å². The number of aryl methyl sites for hydroxylation is 1. The van der Waals surface area contributed by atoms with E-state index in [-0.39, 0.29) is 5.82 Å². The summed E-state index contributed by atoms with van der Waals surface area (Å²) >= 11 is 0. The second-order valence-corrected chi connectivity index (χ2v) is 5.65. The number of nitrogens with one attached hydrogen (secondary N) is 1. The molecule has 0 bridgehead atoms. The third kappa shape index (κ3) is 2.84. The number of pyridine rings is 1. The van der Waals surface area contributed by atoms with Crippen LogP contribution in [0.2, 0.25) is 0 Å². The van der Waals surface area contributed by atoms with Crippen molar-refractivity contribution in [1.29, 1.82) is 0 Å². The lowest BCUT2D eigenvalue weighted by Crippen LogP contribution is -2.05. The van der Waals surface area contributed by atoms with Crippen LogP contribution in [0.25, 0.3) is 10.9 Å². The molecule has 3 nitrogen and oxygen atoms in total. The molecular formula is C19H20FN3. The minimum Gasteiger partial charge on any atom is -0.364 e. The van der Waals surface area contributed by atoms with Gasteiger partial charge in [-0.05, 0) is 43.2 Å². The normalized spacial score (nSPS) is 10.9. The zero-order valence-electron chi connectivity index (χ0n) is 13.4. The van der Waals surface area contributed by atoms with Gasteiger partial charge in [0.1, 0.15) is 5.82 Å². The van der Waals surface area contributed by atoms with Gasteiger partial charge in [-0.1, -0.05) is 18.2 Å². The van der Waals surface area contributed by atoms with Crippen molar-refractivity contribution < 1.29 is 4.39 Å². The van der Waals surface area contributed by atoms with Crippen LogP contribution >= 0.6 is 0 Å². The van der Waals surface area contributed by atoms with Gasteiger partial charge in [0.15, 0.2) is 5.82 Å². The van der Waals surface area contributed by atoms with E-state index >= 15 is 0 Å². The number of allylic oxidation sites excluding steroid dienone is 1. The summed E-state index contributed by atoms with van der Waals surface area (Å²) in [4.78, 5) is 4.50. The highest BCUT2D eigenvalue weighted by molar-refractivity contribution is 5.93. The Balaban J connectivity index is 1.98. The Bertz CT molecular complexity index is 847. The first-order valence-electron chi connectivity index (χ1n) is 7.65. The second kappa shape index (κ2) is 6.24. The van der Waals surface area contributed by atoms with Crippen LogP contribution in [0.4, 0.5) is 10.2 Å². The molecule has 0 aliphatic heterocycles. The van der Waals surface area contributed by atoms with Crippen LogP contribution in [-0.4, -0.2) is 9.55 Å². The fourth-order valence-corrected chi connectivity index (χ4v) is 2.87. The number of hydrogen-bond donors (Lipinski definition) is 1. The number of hydrogen-bond acceptors (Lipinski definition) is 2. The molecule has 0 saturated carbocycles. The number of aromatic nitrogens is 2. The number of halogens is 1. The highest BCUT2D eigenvalue weighted by Gasteiger charge is 2.14. The molecule has 3 aromatic rings. The first-order valence-corrected chi connectivity index (χ1v) is 7.65. The highest BCUT2D eigenvalue weighted by Crippen LogP contribution is 2.29. The van der Waals surface area contributed by atoms with E-state index in [9.17, 15) is 4.39 Å². The topological polar surface area (TPSA) is 29.9 Å².